The average molecular weight is 320 g/mol. The van der Waals surface area contributed by atoms with E-state index in [1.54, 1.807) is 16.9 Å². The highest BCUT2D eigenvalue weighted by atomic mass is 79.9. The molecule has 0 bridgehead atoms. The second-order valence-corrected chi connectivity index (χ2v) is 5.01. The zero-order valence-corrected chi connectivity index (χ0v) is 11.6. The summed E-state index contributed by atoms with van der Waals surface area (Å²) in [5, 5.41) is 8.01. The standard InChI is InChI=1S/C12H10BrN5O/c1-18-6-8(5-15-18)11-16-12(19-17-11)7-2-9(13)4-10(14)3-7/h2-6H,14H2,1H3. The number of benzene rings is 1. The third-order valence-electron chi connectivity index (χ3n) is 2.56. The van der Waals surface area contributed by atoms with Crippen LogP contribution in [0.5, 0.6) is 0 Å². The van der Waals surface area contributed by atoms with E-state index in [9.17, 15) is 0 Å². The summed E-state index contributed by atoms with van der Waals surface area (Å²) in [7, 11) is 1.83. The number of aromatic nitrogens is 4. The Balaban J connectivity index is 2.01. The van der Waals surface area contributed by atoms with Gasteiger partial charge in [0.2, 0.25) is 5.82 Å². The summed E-state index contributed by atoms with van der Waals surface area (Å²) in [6.45, 7) is 0. The van der Waals surface area contributed by atoms with E-state index < -0.39 is 0 Å². The second kappa shape index (κ2) is 4.51. The second-order valence-electron chi connectivity index (χ2n) is 4.10. The van der Waals surface area contributed by atoms with E-state index in [1.807, 2.05) is 25.4 Å². The summed E-state index contributed by atoms with van der Waals surface area (Å²) in [6, 6.07) is 5.46. The summed E-state index contributed by atoms with van der Waals surface area (Å²) in [4.78, 5) is 4.34. The number of hydrogen-bond donors (Lipinski definition) is 1. The molecule has 0 aliphatic carbocycles. The lowest BCUT2D eigenvalue weighted by Gasteiger charge is -1.98. The molecule has 0 aliphatic heterocycles. The highest BCUT2D eigenvalue weighted by Crippen LogP contribution is 2.26. The van der Waals surface area contributed by atoms with E-state index in [1.165, 1.54) is 0 Å². The van der Waals surface area contributed by atoms with Crippen LogP contribution >= 0.6 is 15.9 Å². The van der Waals surface area contributed by atoms with Gasteiger partial charge in [0.05, 0.1) is 11.8 Å². The average Bonchev–Trinajstić information content (AvgIpc) is 2.95. The van der Waals surface area contributed by atoms with Crippen molar-refractivity contribution in [1.29, 1.82) is 0 Å². The van der Waals surface area contributed by atoms with Crippen molar-refractivity contribution < 1.29 is 4.52 Å². The van der Waals surface area contributed by atoms with E-state index in [-0.39, 0.29) is 0 Å². The van der Waals surface area contributed by atoms with Gasteiger partial charge < -0.3 is 10.3 Å². The van der Waals surface area contributed by atoms with E-state index in [0.717, 1.165) is 15.6 Å². The minimum atomic E-state index is 0.423. The summed E-state index contributed by atoms with van der Waals surface area (Å²) in [6.07, 6.45) is 3.51. The highest BCUT2D eigenvalue weighted by molar-refractivity contribution is 9.10. The Bertz CT molecular complexity index is 713. The first-order chi connectivity index (χ1) is 9.11. The number of nitrogens with zero attached hydrogens (tertiary/aromatic N) is 4. The predicted octanol–water partition coefficient (Wildman–Crippen LogP) is 2.48. The third kappa shape index (κ3) is 2.37. The van der Waals surface area contributed by atoms with Gasteiger partial charge in [0.25, 0.3) is 5.89 Å². The molecule has 19 heavy (non-hydrogen) atoms. The normalized spacial score (nSPS) is 10.8. The third-order valence-corrected chi connectivity index (χ3v) is 3.01. The molecule has 6 nitrogen and oxygen atoms in total. The van der Waals surface area contributed by atoms with Gasteiger partial charge in [0.15, 0.2) is 0 Å². The molecule has 7 heteroatoms. The van der Waals surface area contributed by atoms with Crippen LogP contribution in [0.1, 0.15) is 0 Å². The van der Waals surface area contributed by atoms with Crippen molar-refractivity contribution in [3.63, 3.8) is 0 Å². The fraction of sp³-hybridized carbons (Fsp3) is 0.0833. The van der Waals surface area contributed by atoms with E-state index in [0.29, 0.717) is 17.4 Å². The Morgan fingerprint density at radius 1 is 1.26 bits per heavy atom. The zero-order chi connectivity index (χ0) is 13.4. The van der Waals surface area contributed by atoms with Gasteiger partial charge in [-0.15, -0.1) is 0 Å². The maximum absolute atomic E-state index is 5.78. The van der Waals surface area contributed by atoms with Gasteiger partial charge in [-0.2, -0.15) is 10.1 Å². The number of rotatable bonds is 2. The van der Waals surface area contributed by atoms with Crippen molar-refractivity contribution in [3.8, 4) is 22.8 Å². The van der Waals surface area contributed by atoms with Gasteiger partial charge in [-0.1, -0.05) is 21.1 Å². The highest BCUT2D eigenvalue weighted by Gasteiger charge is 2.12. The Kier molecular flexibility index (Phi) is 2.83. The van der Waals surface area contributed by atoms with Crippen molar-refractivity contribution in [2.24, 2.45) is 7.05 Å². The van der Waals surface area contributed by atoms with Gasteiger partial charge in [-0.05, 0) is 18.2 Å². The molecule has 3 aromatic rings. The van der Waals surface area contributed by atoms with Crippen LogP contribution in [0.3, 0.4) is 0 Å². The van der Waals surface area contributed by atoms with Crippen LogP contribution in [0.25, 0.3) is 22.8 Å². The molecule has 2 aromatic heterocycles. The van der Waals surface area contributed by atoms with Gasteiger partial charge in [0, 0.05) is 29.0 Å². The Labute approximate surface area is 117 Å². The molecule has 96 valence electrons. The maximum atomic E-state index is 5.78. The van der Waals surface area contributed by atoms with E-state index in [2.05, 4.69) is 31.2 Å². The smallest absolute Gasteiger partial charge is 0.258 e. The molecule has 0 atom stereocenters. The van der Waals surface area contributed by atoms with Crippen LogP contribution < -0.4 is 5.73 Å². The van der Waals surface area contributed by atoms with Gasteiger partial charge in [0.1, 0.15) is 0 Å². The molecule has 2 N–H and O–H groups in total. The van der Waals surface area contributed by atoms with Crippen molar-refractivity contribution in [3.05, 3.63) is 35.1 Å². The number of nitrogens with two attached hydrogens (primary N) is 1. The topological polar surface area (TPSA) is 82.8 Å². The molecule has 0 saturated carbocycles. The Hall–Kier alpha value is -2.15. The fourth-order valence-corrected chi connectivity index (χ4v) is 2.24. The zero-order valence-electron chi connectivity index (χ0n) is 10.0. The number of aryl methyl sites for hydroxylation is 1. The summed E-state index contributed by atoms with van der Waals surface area (Å²) >= 11 is 3.38. The van der Waals surface area contributed by atoms with E-state index in [4.69, 9.17) is 10.3 Å². The first kappa shape index (κ1) is 11.9. The first-order valence-corrected chi connectivity index (χ1v) is 6.30. The first-order valence-electron chi connectivity index (χ1n) is 5.51. The lowest BCUT2D eigenvalue weighted by atomic mass is 10.2. The molecule has 0 saturated heterocycles. The Morgan fingerprint density at radius 2 is 2.11 bits per heavy atom. The molecule has 2 heterocycles. The quantitative estimate of drug-likeness (QED) is 0.734. The lowest BCUT2D eigenvalue weighted by molar-refractivity contribution is 0.432. The van der Waals surface area contributed by atoms with Crippen molar-refractivity contribution in [2.75, 3.05) is 5.73 Å². The molecule has 1 aromatic carbocycles. The van der Waals surface area contributed by atoms with Crippen LogP contribution in [0.4, 0.5) is 5.69 Å². The van der Waals surface area contributed by atoms with Crippen LogP contribution in [-0.4, -0.2) is 19.9 Å². The fourth-order valence-electron chi connectivity index (χ4n) is 1.73. The molecule has 0 amide bonds. The summed E-state index contributed by atoms with van der Waals surface area (Å²) < 4.78 is 7.80. The number of hydrogen-bond acceptors (Lipinski definition) is 5. The minimum absolute atomic E-state index is 0.423. The number of nitrogen functional groups attached to an aromatic ring is 1. The maximum Gasteiger partial charge on any atom is 0.258 e. The van der Waals surface area contributed by atoms with Crippen molar-refractivity contribution >= 4 is 21.6 Å². The van der Waals surface area contributed by atoms with Gasteiger partial charge in [-0.3, -0.25) is 4.68 Å². The number of anilines is 1. The largest absolute Gasteiger partial charge is 0.399 e. The molecule has 0 aliphatic rings. The molecule has 0 unspecified atom stereocenters. The van der Waals surface area contributed by atoms with E-state index >= 15 is 0 Å². The van der Waals surface area contributed by atoms with Crippen LogP contribution in [0, 0.1) is 0 Å². The van der Waals surface area contributed by atoms with Crippen LogP contribution in [-0.2, 0) is 7.05 Å². The molecule has 3 rings (SSSR count). The molecule has 0 radical (unpaired) electrons. The summed E-state index contributed by atoms with van der Waals surface area (Å²) in [5.41, 5.74) is 7.99. The molecule has 0 spiro atoms. The molecular formula is C12H10BrN5O. The minimum Gasteiger partial charge on any atom is -0.399 e. The molecule has 0 fully saturated rings. The predicted molar refractivity (Wildman–Crippen MR) is 74.0 cm³/mol. The monoisotopic (exact) mass is 319 g/mol. The number of halogens is 1. The van der Waals surface area contributed by atoms with Crippen LogP contribution in [0.15, 0.2) is 39.6 Å². The molecular weight excluding hydrogens is 310 g/mol. The van der Waals surface area contributed by atoms with Crippen molar-refractivity contribution in [1.82, 2.24) is 19.9 Å². The summed E-state index contributed by atoms with van der Waals surface area (Å²) in [5.74, 6) is 0.925. The van der Waals surface area contributed by atoms with Crippen LogP contribution in [0.2, 0.25) is 0 Å². The SMILES string of the molecule is Cn1cc(-c2noc(-c3cc(N)cc(Br)c3)n2)cn1. The Morgan fingerprint density at radius 3 is 2.79 bits per heavy atom. The van der Waals surface area contributed by atoms with Gasteiger partial charge >= 0.3 is 0 Å². The van der Waals surface area contributed by atoms with Gasteiger partial charge in [-0.25, -0.2) is 0 Å². The van der Waals surface area contributed by atoms with Crippen molar-refractivity contribution in [2.45, 2.75) is 0 Å². The lowest BCUT2D eigenvalue weighted by Crippen LogP contribution is -1.86.